The van der Waals surface area contributed by atoms with E-state index in [-0.39, 0.29) is 5.91 Å². The first-order valence-corrected chi connectivity index (χ1v) is 7.54. The lowest BCUT2D eigenvalue weighted by Crippen LogP contribution is -2.23. The Morgan fingerprint density at radius 2 is 1.91 bits per heavy atom. The topological polar surface area (TPSA) is 47.6 Å². The molecule has 114 valence electrons. The van der Waals surface area contributed by atoms with E-state index in [0.717, 1.165) is 17.7 Å². The summed E-state index contributed by atoms with van der Waals surface area (Å²) in [5.41, 5.74) is 1.35. The van der Waals surface area contributed by atoms with Gasteiger partial charge in [-0.1, -0.05) is 35.9 Å². The number of hydrogen-bond acceptors (Lipinski definition) is 3. The Kier molecular flexibility index (Phi) is 4.49. The van der Waals surface area contributed by atoms with E-state index < -0.39 is 0 Å². The summed E-state index contributed by atoms with van der Waals surface area (Å²) in [5, 5.41) is 3.30. The number of amides is 1. The van der Waals surface area contributed by atoms with Crippen molar-refractivity contribution in [3.05, 3.63) is 58.6 Å². The lowest BCUT2D eigenvalue weighted by molar-refractivity contribution is 0.0950. The predicted molar refractivity (Wildman–Crippen MR) is 84.7 cm³/mol. The fourth-order valence-electron chi connectivity index (χ4n) is 2.31. The Bertz CT molecular complexity index is 687. The standard InChI is InChI=1S/C17H16ClNO3/c18-14-7-2-1-6-13(14)17(20)19-11-12-5-3-8-15-16(12)22-10-4-9-21-15/h1-3,5-8H,4,9-11H2,(H,19,20). The van der Waals surface area contributed by atoms with Gasteiger partial charge in [-0.2, -0.15) is 0 Å². The first-order valence-electron chi connectivity index (χ1n) is 7.16. The maximum atomic E-state index is 12.2. The highest BCUT2D eigenvalue weighted by molar-refractivity contribution is 6.33. The highest BCUT2D eigenvalue weighted by atomic mass is 35.5. The van der Waals surface area contributed by atoms with Crippen LogP contribution in [0.2, 0.25) is 5.02 Å². The number of rotatable bonds is 3. The lowest BCUT2D eigenvalue weighted by Gasteiger charge is -2.13. The number of nitrogens with one attached hydrogen (secondary N) is 1. The number of benzene rings is 2. The SMILES string of the molecule is O=C(NCc1cccc2c1OCCCO2)c1ccccc1Cl. The van der Waals surface area contributed by atoms with Crippen molar-refractivity contribution in [3.63, 3.8) is 0 Å². The number of carbonyl (C=O) groups excluding carboxylic acids is 1. The summed E-state index contributed by atoms with van der Waals surface area (Å²) in [7, 11) is 0. The lowest BCUT2D eigenvalue weighted by atomic mass is 10.1. The van der Waals surface area contributed by atoms with Crippen LogP contribution in [0, 0.1) is 0 Å². The van der Waals surface area contributed by atoms with Crippen molar-refractivity contribution in [1.82, 2.24) is 5.32 Å². The summed E-state index contributed by atoms with van der Waals surface area (Å²) >= 11 is 6.03. The molecule has 1 N–H and O–H groups in total. The van der Waals surface area contributed by atoms with E-state index in [9.17, 15) is 4.79 Å². The van der Waals surface area contributed by atoms with Crippen molar-refractivity contribution >= 4 is 17.5 Å². The molecule has 0 aliphatic carbocycles. The smallest absolute Gasteiger partial charge is 0.253 e. The van der Waals surface area contributed by atoms with Gasteiger partial charge in [0.25, 0.3) is 5.91 Å². The zero-order valence-corrected chi connectivity index (χ0v) is 12.7. The minimum atomic E-state index is -0.210. The van der Waals surface area contributed by atoms with Gasteiger partial charge in [0, 0.05) is 18.5 Å². The third kappa shape index (κ3) is 3.17. The second kappa shape index (κ2) is 6.71. The van der Waals surface area contributed by atoms with Gasteiger partial charge in [0.15, 0.2) is 11.5 Å². The Labute approximate surface area is 134 Å². The van der Waals surface area contributed by atoms with Gasteiger partial charge < -0.3 is 14.8 Å². The summed E-state index contributed by atoms with van der Waals surface area (Å²) in [6.45, 7) is 1.61. The van der Waals surface area contributed by atoms with Crippen molar-refractivity contribution in [1.29, 1.82) is 0 Å². The first-order chi connectivity index (χ1) is 10.8. The second-order valence-electron chi connectivity index (χ2n) is 4.96. The van der Waals surface area contributed by atoms with Crippen LogP contribution >= 0.6 is 11.6 Å². The van der Waals surface area contributed by atoms with Crippen LogP contribution in [0.1, 0.15) is 22.3 Å². The summed E-state index contributed by atoms with van der Waals surface area (Å²) < 4.78 is 11.4. The number of hydrogen-bond donors (Lipinski definition) is 1. The number of para-hydroxylation sites is 1. The molecule has 0 radical (unpaired) electrons. The van der Waals surface area contributed by atoms with Gasteiger partial charge in [-0.3, -0.25) is 4.79 Å². The fourth-order valence-corrected chi connectivity index (χ4v) is 2.53. The fraction of sp³-hybridized carbons (Fsp3) is 0.235. The molecule has 0 unspecified atom stereocenters. The van der Waals surface area contributed by atoms with Gasteiger partial charge in [0.05, 0.1) is 23.8 Å². The maximum Gasteiger partial charge on any atom is 0.253 e. The zero-order valence-electron chi connectivity index (χ0n) is 12.0. The van der Waals surface area contributed by atoms with E-state index >= 15 is 0 Å². The molecule has 1 amide bonds. The normalized spacial score (nSPS) is 13.3. The first kappa shape index (κ1) is 14.7. The third-order valence-electron chi connectivity index (χ3n) is 3.41. The van der Waals surface area contributed by atoms with E-state index in [2.05, 4.69) is 5.32 Å². The molecule has 0 fully saturated rings. The molecule has 1 heterocycles. The molecule has 4 nitrogen and oxygen atoms in total. The van der Waals surface area contributed by atoms with Gasteiger partial charge in [-0.15, -0.1) is 0 Å². The molecule has 0 saturated carbocycles. The second-order valence-corrected chi connectivity index (χ2v) is 5.36. The average molecular weight is 318 g/mol. The van der Waals surface area contributed by atoms with E-state index in [1.54, 1.807) is 24.3 Å². The van der Waals surface area contributed by atoms with Crippen LogP contribution in [0.15, 0.2) is 42.5 Å². The predicted octanol–water partition coefficient (Wildman–Crippen LogP) is 3.43. The van der Waals surface area contributed by atoms with Crippen LogP contribution in [-0.4, -0.2) is 19.1 Å². The summed E-state index contributed by atoms with van der Waals surface area (Å²) in [5.74, 6) is 1.22. The molecular formula is C17H16ClNO3. The van der Waals surface area contributed by atoms with E-state index in [4.69, 9.17) is 21.1 Å². The molecule has 1 aliphatic heterocycles. The molecule has 0 bridgehead atoms. The van der Waals surface area contributed by atoms with Crippen molar-refractivity contribution in [2.24, 2.45) is 0 Å². The molecular weight excluding hydrogens is 302 g/mol. The summed E-state index contributed by atoms with van der Waals surface area (Å²) in [6, 6.07) is 12.7. The minimum absolute atomic E-state index is 0.210. The van der Waals surface area contributed by atoms with E-state index in [1.807, 2.05) is 18.2 Å². The highest BCUT2D eigenvalue weighted by Crippen LogP contribution is 2.33. The number of fused-ring (bicyclic) bond motifs is 1. The highest BCUT2D eigenvalue weighted by Gasteiger charge is 2.16. The Balaban J connectivity index is 1.74. The Morgan fingerprint density at radius 1 is 1.09 bits per heavy atom. The van der Waals surface area contributed by atoms with Gasteiger partial charge in [-0.25, -0.2) is 0 Å². The molecule has 2 aromatic rings. The summed E-state index contributed by atoms with van der Waals surface area (Å²) in [4.78, 5) is 12.2. The van der Waals surface area contributed by atoms with Crippen LogP contribution in [0.4, 0.5) is 0 Å². The molecule has 22 heavy (non-hydrogen) atoms. The quantitative estimate of drug-likeness (QED) is 0.943. The van der Waals surface area contributed by atoms with Crippen LogP contribution < -0.4 is 14.8 Å². The molecule has 0 saturated heterocycles. The Morgan fingerprint density at radius 3 is 2.77 bits per heavy atom. The van der Waals surface area contributed by atoms with Crippen LogP contribution in [0.3, 0.4) is 0 Å². The Hall–Kier alpha value is -2.20. The van der Waals surface area contributed by atoms with Crippen molar-refractivity contribution in [2.75, 3.05) is 13.2 Å². The third-order valence-corrected chi connectivity index (χ3v) is 3.74. The van der Waals surface area contributed by atoms with E-state index in [1.165, 1.54) is 0 Å². The van der Waals surface area contributed by atoms with Crippen LogP contribution in [-0.2, 0) is 6.54 Å². The van der Waals surface area contributed by atoms with Crippen LogP contribution in [0.5, 0.6) is 11.5 Å². The van der Waals surface area contributed by atoms with E-state index in [0.29, 0.717) is 36.1 Å². The van der Waals surface area contributed by atoms with Gasteiger partial charge in [0.2, 0.25) is 0 Å². The average Bonchev–Trinajstić information content (AvgIpc) is 2.78. The molecule has 3 rings (SSSR count). The largest absolute Gasteiger partial charge is 0.490 e. The van der Waals surface area contributed by atoms with Gasteiger partial charge >= 0.3 is 0 Å². The number of carbonyl (C=O) groups is 1. The molecule has 2 aromatic carbocycles. The molecule has 0 atom stereocenters. The molecule has 0 spiro atoms. The van der Waals surface area contributed by atoms with Crippen LogP contribution in [0.25, 0.3) is 0 Å². The number of halogens is 1. The maximum absolute atomic E-state index is 12.2. The molecule has 0 aromatic heterocycles. The zero-order chi connectivity index (χ0) is 15.4. The van der Waals surface area contributed by atoms with Crippen molar-refractivity contribution in [3.8, 4) is 11.5 Å². The monoisotopic (exact) mass is 317 g/mol. The van der Waals surface area contributed by atoms with Gasteiger partial charge in [0.1, 0.15) is 0 Å². The molecule has 1 aliphatic rings. The van der Waals surface area contributed by atoms with Crippen molar-refractivity contribution < 1.29 is 14.3 Å². The summed E-state index contributed by atoms with van der Waals surface area (Å²) in [6.07, 6.45) is 0.847. The minimum Gasteiger partial charge on any atom is -0.490 e. The van der Waals surface area contributed by atoms with Gasteiger partial charge in [-0.05, 0) is 18.2 Å². The van der Waals surface area contributed by atoms with Crippen molar-refractivity contribution in [2.45, 2.75) is 13.0 Å². The molecule has 5 heteroatoms. The number of ether oxygens (including phenoxy) is 2.